The van der Waals surface area contributed by atoms with E-state index in [1.54, 1.807) is 19.2 Å². The Balaban J connectivity index is 1.70. The summed E-state index contributed by atoms with van der Waals surface area (Å²) >= 11 is 0. The minimum Gasteiger partial charge on any atom is -0.508 e. The number of fused-ring (bicyclic) bond motifs is 13. The monoisotopic (exact) mass is 496 g/mol. The van der Waals surface area contributed by atoms with Gasteiger partial charge in [-0.3, -0.25) is 4.79 Å². The number of nitrogens with one attached hydrogen (secondary N) is 1. The topological polar surface area (TPSA) is 80.9 Å². The fourth-order valence-corrected chi connectivity index (χ4v) is 7.55. The van der Waals surface area contributed by atoms with Gasteiger partial charge in [0.05, 0.1) is 27.6 Å². The summed E-state index contributed by atoms with van der Waals surface area (Å²) in [6.07, 6.45) is 0.187. The van der Waals surface area contributed by atoms with E-state index < -0.39 is 5.72 Å². The summed E-state index contributed by atoms with van der Waals surface area (Å²) in [5.74, 6) is 0.104. The minimum atomic E-state index is -0.812. The summed E-state index contributed by atoms with van der Waals surface area (Å²) in [7, 11) is 5.95. The molecule has 5 aromatic rings. The Kier molecular flexibility index (Phi) is 3.97. The smallest absolute Gasteiger partial charge is 0.252 e. The van der Waals surface area contributed by atoms with Crippen LogP contribution in [0, 0.1) is 0 Å². The number of likely N-dealkylation sites (N-methyl/N-ethyl adjacent to an activating group) is 1. The van der Waals surface area contributed by atoms with Gasteiger partial charge in [-0.25, -0.2) is 0 Å². The van der Waals surface area contributed by atoms with Crippen LogP contribution in [-0.4, -0.2) is 58.4 Å². The van der Waals surface area contributed by atoms with Gasteiger partial charge in [0.1, 0.15) is 18.1 Å². The number of rotatable bonds is 2. The van der Waals surface area contributed by atoms with Crippen LogP contribution in [0.15, 0.2) is 42.5 Å². The number of phenols is 1. The first kappa shape index (κ1) is 21.5. The first-order valence-corrected chi connectivity index (χ1v) is 12.8. The molecule has 8 nitrogen and oxygen atoms in total. The maximum Gasteiger partial charge on any atom is 0.252 e. The Morgan fingerprint density at radius 3 is 2.70 bits per heavy atom. The first-order chi connectivity index (χ1) is 17.8. The maximum atomic E-state index is 13.4. The number of amides is 1. The fourth-order valence-electron chi connectivity index (χ4n) is 7.55. The largest absolute Gasteiger partial charge is 0.508 e. The minimum absolute atomic E-state index is 0.0728. The van der Waals surface area contributed by atoms with Crippen molar-refractivity contribution in [3.63, 3.8) is 0 Å². The number of phenolic OH excluding ortho intramolecular Hbond substituents is 1. The van der Waals surface area contributed by atoms with Crippen LogP contribution in [0.2, 0.25) is 0 Å². The molecule has 1 saturated heterocycles. The number of para-hydroxylation sites is 1. The van der Waals surface area contributed by atoms with E-state index in [0.717, 1.165) is 49.2 Å². The molecule has 2 aromatic heterocycles. The fraction of sp³-hybridized carbons (Fsp3) is 0.345. The lowest BCUT2D eigenvalue weighted by atomic mass is 9.92. The highest BCUT2D eigenvalue weighted by atomic mass is 16.6. The Morgan fingerprint density at radius 1 is 1.11 bits per heavy atom. The number of carbonyl (C=O) groups is 1. The van der Waals surface area contributed by atoms with E-state index in [2.05, 4.69) is 64.6 Å². The van der Waals surface area contributed by atoms with Crippen LogP contribution >= 0.6 is 0 Å². The van der Waals surface area contributed by atoms with Gasteiger partial charge in [-0.15, -0.1) is 0 Å². The Hall–Kier alpha value is -3.59. The lowest BCUT2D eigenvalue weighted by Gasteiger charge is -2.50. The lowest BCUT2D eigenvalue weighted by Crippen LogP contribution is -2.59. The molecule has 0 spiro atoms. The number of aromatic nitrogens is 2. The summed E-state index contributed by atoms with van der Waals surface area (Å²) in [4.78, 5) is 15.6. The van der Waals surface area contributed by atoms with Gasteiger partial charge in [-0.1, -0.05) is 18.2 Å². The number of hydrogen-bond donors (Lipinski definition) is 2. The summed E-state index contributed by atoms with van der Waals surface area (Å²) < 4.78 is 17.9. The highest BCUT2D eigenvalue weighted by molar-refractivity contribution is 6.31. The molecule has 2 N–H and O–H groups in total. The van der Waals surface area contributed by atoms with Crippen LogP contribution in [-0.2, 0) is 21.7 Å². The zero-order chi connectivity index (χ0) is 25.4. The van der Waals surface area contributed by atoms with Crippen molar-refractivity contribution in [1.82, 2.24) is 19.4 Å². The predicted octanol–water partition coefficient (Wildman–Crippen LogP) is 4.40. The summed E-state index contributed by atoms with van der Waals surface area (Å²) in [5, 5.41) is 17.5. The number of benzene rings is 3. The lowest BCUT2D eigenvalue weighted by molar-refractivity contribution is -0.266. The van der Waals surface area contributed by atoms with Crippen LogP contribution in [0.5, 0.6) is 5.75 Å². The second-order valence-corrected chi connectivity index (χ2v) is 11.0. The molecule has 2 unspecified atom stereocenters. The van der Waals surface area contributed by atoms with Crippen molar-refractivity contribution in [3.05, 3.63) is 53.6 Å². The Labute approximate surface area is 212 Å². The van der Waals surface area contributed by atoms with E-state index in [-0.39, 0.29) is 30.0 Å². The second kappa shape index (κ2) is 6.83. The second-order valence-electron chi connectivity index (χ2n) is 11.0. The number of ether oxygens (including phenoxy) is 2. The van der Waals surface area contributed by atoms with Gasteiger partial charge in [0, 0.05) is 47.7 Å². The molecule has 37 heavy (non-hydrogen) atoms. The third kappa shape index (κ3) is 2.37. The zero-order valence-corrected chi connectivity index (χ0v) is 21.2. The van der Waals surface area contributed by atoms with Crippen molar-refractivity contribution >= 4 is 49.5 Å². The Bertz CT molecular complexity index is 1830. The molecular formula is C29H28N4O4. The third-order valence-corrected chi connectivity index (χ3v) is 8.94. The molecule has 0 saturated carbocycles. The van der Waals surface area contributed by atoms with Crippen molar-refractivity contribution in [2.45, 2.75) is 44.0 Å². The summed E-state index contributed by atoms with van der Waals surface area (Å²) in [5.41, 5.74) is 4.92. The van der Waals surface area contributed by atoms with Crippen LogP contribution < -0.4 is 5.32 Å². The van der Waals surface area contributed by atoms with E-state index in [1.165, 1.54) is 0 Å². The Morgan fingerprint density at radius 2 is 1.92 bits per heavy atom. The molecule has 0 radical (unpaired) electrons. The third-order valence-electron chi connectivity index (χ3n) is 8.94. The molecule has 1 fully saturated rings. The van der Waals surface area contributed by atoms with E-state index in [1.807, 2.05) is 6.07 Å². The van der Waals surface area contributed by atoms with Crippen molar-refractivity contribution in [2.24, 2.45) is 0 Å². The number of aromatic hydroxyl groups is 1. The van der Waals surface area contributed by atoms with Gasteiger partial charge in [-0.2, -0.15) is 0 Å². The zero-order valence-electron chi connectivity index (χ0n) is 21.2. The molecular weight excluding hydrogens is 468 g/mol. The van der Waals surface area contributed by atoms with E-state index in [9.17, 15) is 9.90 Å². The van der Waals surface area contributed by atoms with Crippen molar-refractivity contribution in [2.75, 3.05) is 21.2 Å². The molecule has 3 aliphatic heterocycles. The summed E-state index contributed by atoms with van der Waals surface area (Å²) in [6.45, 7) is 2.60. The van der Waals surface area contributed by atoms with E-state index >= 15 is 0 Å². The van der Waals surface area contributed by atoms with Crippen LogP contribution in [0.4, 0.5) is 0 Å². The number of nitrogens with zero attached hydrogens (tertiary/aromatic N) is 3. The van der Waals surface area contributed by atoms with Gasteiger partial charge in [-0.05, 0) is 50.8 Å². The van der Waals surface area contributed by atoms with E-state index in [0.29, 0.717) is 18.5 Å². The van der Waals surface area contributed by atoms with Crippen LogP contribution in [0.25, 0.3) is 43.6 Å². The van der Waals surface area contributed by atoms with Gasteiger partial charge in [0.2, 0.25) is 0 Å². The van der Waals surface area contributed by atoms with Crippen molar-refractivity contribution in [1.29, 1.82) is 0 Å². The van der Waals surface area contributed by atoms with Crippen molar-refractivity contribution < 1.29 is 19.4 Å². The molecule has 3 aliphatic rings. The molecule has 8 heteroatoms. The van der Waals surface area contributed by atoms with Crippen molar-refractivity contribution in [3.8, 4) is 5.75 Å². The quantitative estimate of drug-likeness (QED) is 0.379. The average Bonchev–Trinajstić information content (AvgIpc) is 3.51. The number of methoxy groups -OCH3 is 1. The molecule has 0 aliphatic carbocycles. The van der Waals surface area contributed by atoms with Crippen LogP contribution in [0.1, 0.15) is 35.5 Å². The molecule has 5 heterocycles. The van der Waals surface area contributed by atoms with E-state index in [4.69, 9.17) is 9.47 Å². The normalized spacial score (nSPS) is 26.6. The van der Waals surface area contributed by atoms with Crippen LogP contribution in [0.3, 0.4) is 0 Å². The van der Waals surface area contributed by atoms with Gasteiger partial charge >= 0.3 is 0 Å². The molecule has 188 valence electrons. The molecule has 2 bridgehead atoms. The highest BCUT2D eigenvalue weighted by Gasteiger charge is 2.53. The number of carbonyl (C=O) groups excluding carboxylic acids is 1. The standard InChI is InChI=1S/C29H28N4O4/c1-29-27(36-4)20(31(2)3)12-21(37-29)32-18-10-9-14(34)11-16(18)23-24-17(13-30-28(24)35)22-15-7-5-6-8-19(15)33(29)26(22)25(23)32/h5-11,20-21,27,34H,12-13H2,1-4H3,(H,30,35)/t20-,21?,27-,29?/m1/s1. The number of hydrogen-bond acceptors (Lipinski definition) is 5. The van der Waals surface area contributed by atoms with Gasteiger partial charge in [0.15, 0.2) is 5.72 Å². The molecule has 8 rings (SSSR count). The predicted molar refractivity (Wildman–Crippen MR) is 142 cm³/mol. The van der Waals surface area contributed by atoms with Gasteiger partial charge in [0.25, 0.3) is 5.91 Å². The molecule has 4 atom stereocenters. The van der Waals surface area contributed by atoms with Gasteiger partial charge < -0.3 is 33.9 Å². The molecule has 1 amide bonds. The maximum absolute atomic E-state index is 13.4. The summed E-state index contributed by atoms with van der Waals surface area (Å²) in [6, 6.07) is 13.9. The average molecular weight is 497 g/mol. The highest BCUT2D eigenvalue weighted by Crippen LogP contribution is 2.54. The first-order valence-electron chi connectivity index (χ1n) is 12.8. The molecule has 3 aromatic carbocycles. The SMILES string of the molecule is CO[C@@H]1[C@H](N(C)C)CC2OC1(C)n1c3ccccc3c3c4c(c5c6cc(O)ccc6n2c5c31)C(=O)NC4.